The second-order valence-corrected chi connectivity index (χ2v) is 8.82. The predicted octanol–water partition coefficient (Wildman–Crippen LogP) is 8.10. The molecule has 0 amide bonds. The number of nitrogens with zero attached hydrogens (tertiary/aromatic N) is 4. The molecule has 0 aliphatic heterocycles. The number of nitriles is 3. The first-order chi connectivity index (χ1) is 19.0. The van der Waals surface area contributed by atoms with Crippen molar-refractivity contribution < 1.29 is 26.3 Å². The highest BCUT2D eigenvalue weighted by molar-refractivity contribution is 6.25. The molecule has 0 heterocycles. The minimum Gasteiger partial charge on any atom is -0.192 e. The van der Waals surface area contributed by atoms with Gasteiger partial charge in [-0.2, -0.15) is 47.1 Å². The highest BCUT2D eigenvalue weighted by Gasteiger charge is 2.35. The lowest BCUT2D eigenvalue weighted by atomic mass is 9.95. The van der Waals surface area contributed by atoms with Crippen LogP contribution in [-0.4, -0.2) is 5.71 Å². The monoisotopic (exact) mass is 542 g/mol. The van der Waals surface area contributed by atoms with Crippen molar-refractivity contribution in [3.8, 4) is 51.7 Å². The molecular weight excluding hydrogens is 530 g/mol. The zero-order valence-corrected chi connectivity index (χ0v) is 20.0. The van der Waals surface area contributed by atoms with Gasteiger partial charge in [0.25, 0.3) is 0 Å². The van der Waals surface area contributed by atoms with E-state index in [4.69, 9.17) is 10.5 Å². The van der Waals surface area contributed by atoms with Crippen molar-refractivity contribution >= 4 is 5.71 Å². The van der Waals surface area contributed by atoms with Crippen LogP contribution in [0.2, 0.25) is 0 Å². The van der Waals surface area contributed by atoms with Crippen molar-refractivity contribution in [1.82, 2.24) is 0 Å². The van der Waals surface area contributed by atoms with Gasteiger partial charge in [0.2, 0.25) is 6.19 Å². The lowest BCUT2D eigenvalue weighted by molar-refractivity contribution is -0.138. The zero-order valence-electron chi connectivity index (χ0n) is 20.0. The van der Waals surface area contributed by atoms with E-state index < -0.39 is 34.6 Å². The first kappa shape index (κ1) is 26.2. The number of hydrogen-bond donors (Lipinski definition) is 0. The summed E-state index contributed by atoms with van der Waals surface area (Å²) >= 11 is 0. The molecular formula is C30H12F6N4. The lowest BCUT2D eigenvalue weighted by Gasteiger charge is -2.12. The molecule has 1 aliphatic carbocycles. The SMILES string of the molecule is N#CN=C1c2cc(-c3ccc(C#N)c(C(F)(F)F)c3)ccc2-c2ccc(-c3ccc(C#N)c(C(F)(F)F)c3)cc21. The Balaban J connectivity index is 1.62. The smallest absolute Gasteiger partial charge is 0.192 e. The molecule has 0 unspecified atom stereocenters. The summed E-state index contributed by atoms with van der Waals surface area (Å²) in [5.74, 6) is 0. The molecule has 4 aromatic rings. The lowest BCUT2D eigenvalue weighted by Crippen LogP contribution is -2.08. The second kappa shape index (κ2) is 9.41. The van der Waals surface area contributed by atoms with E-state index >= 15 is 0 Å². The molecule has 0 aromatic heterocycles. The van der Waals surface area contributed by atoms with Crippen LogP contribution in [0, 0.1) is 34.1 Å². The molecule has 0 spiro atoms. The predicted molar refractivity (Wildman–Crippen MR) is 133 cm³/mol. The van der Waals surface area contributed by atoms with Crippen LogP contribution < -0.4 is 0 Å². The van der Waals surface area contributed by atoms with Crippen LogP contribution in [0.4, 0.5) is 26.3 Å². The average Bonchev–Trinajstić information content (AvgIpc) is 3.23. The Morgan fingerprint density at radius 2 is 0.875 bits per heavy atom. The van der Waals surface area contributed by atoms with Crippen LogP contribution in [0.3, 0.4) is 0 Å². The standard InChI is InChI=1S/C30H12F6N4/c31-29(32,33)26-11-18(1-3-20(26)13-37)16-5-7-22-23-8-6-17(10-25(23)28(40-15-39)24(22)9-16)19-2-4-21(14-38)27(12-19)30(34,35)36/h1-12H. The minimum atomic E-state index is -4.74. The maximum atomic E-state index is 13.5. The summed E-state index contributed by atoms with van der Waals surface area (Å²) in [5.41, 5.74) is 0.383. The van der Waals surface area contributed by atoms with Gasteiger partial charge in [0.1, 0.15) is 0 Å². The fourth-order valence-corrected chi connectivity index (χ4v) is 4.74. The topological polar surface area (TPSA) is 83.7 Å². The summed E-state index contributed by atoms with van der Waals surface area (Å²) in [6.07, 6.45) is -7.77. The first-order valence-corrected chi connectivity index (χ1v) is 11.5. The third kappa shape index (κ3) is 4.44. The third-order valence-electron chi connectivity index (χ3n) is 6.56. The van der Waals surface area contributed by atoms with E-state index in [2.05, 4.69) is 4.99 Å². The second-order valence-electron chi connectivity index (χ2n) is 8.82. The van der Waals surface area contributed by atoms with E-state index in [1.165, 1.54) is 12.1 Å². The van der Waals surface area contributed by atoms with E-state index in [0.29, 0.717) is 33.4 Å². The number of fused-ring (bicyclic) bond motifs is 3. The van der Waals surface area contributed by atoms with Crippen molar-refractivity contribution in [2.24, 2.45) is 4.99 Å². The molecule has 0 saturated carbocycles. The highest BCUT2D eigenvalue weighted by atomic mass is 19.4. The van der Waals surface area contributed by atoms with E-state index in [1.807, 2.05) is 0 Å². The maximum Gasteiger partial charge on any atom is 0.417 e. The van der Waals surface area contributed by atoms with Gasteiger partial charge >= 0.3 is 12.4 Å². The van der Waals surface area contributed by atoms with Crippen molar-refractivity contribution in [1.29, 1.82) is 15.8 Å². The van der Waals surface area contributed by atoms with Gasteiger partial charge in [-0.25, -0.2) is 0 Å². The van der Waals surface area contributed by atoms with Gasteiger partial charge in [0, 0.05) is 11.1 Å². The number of alkyl halides is 6. The molecule has 4 nitrogen and oxygen atoms in total. The Labute approximate surface area is 223 Å². The van der Waals surface area contributed by atoms with Crippen molar-refractivity contribution in [2.45, 2.75) is 12.4 Å². The number of aliphatic imine (C=N–C) groups is 1. The van der Waals surface area contributed by atoms with Gasteiger partial charge in [-0.3, -0.25) is 0 Å². The molecule has 0 bridgehead atoms. The largest absolute Gasteiger partial charge is 0.417 e. The number of hydrogen-bond acceptors (Lipinski definition) is 4. The summed E-state index contributed by atoms with van der Waals surface area (Å²) in [5, 5.41) is 27.5. The normalized spacial score (nSPS) is 12.1. The Bertz CT molecular complexity index is 1730. The van der Waals surface area contributed by atoms with Gasteiger partial charge in [0.15, 0.2) is 0 Å². The Morgan fingerprint density at radius 3 is 1.23 bits per heavy atom. The van der Waals surface area contributed by atoms with Gasteiger partial charge in [-0.15, -0.1) is 0 Å². The molecule has 0 atom stereocenters. The molecule has 5 rings (SSSR count). The summed E-state index contributed by atoms with van der Waals surface area (Å²) in [7, 11) is 0. The molecule has 0 fully saturated rings. The van der Waals surface area contributed by atoms with E-state index in [1.54, 1.807) is 54.7 Å². The van der Waals surface area contributed by atoms with Gasteiger partial charge in [-0.05, 0) is 69.8 Å². The fraction of sp³-hybridized carbons (Fsp3) is 0.0667. The van der Waals surface area contributed by atoms with Crippen LogP contribution in [0.1, 0.15) is 33.4 Å². The molecule has 0 radical (unpaired) electrons. The summed E-state index contributed by atoms with van der Waals surface area (Å²) in [6, 6.07) is 19.5. The summed E-state index contributed by atoms with van der Waals surface area (Å²) in [6.45, 7) is 0. The van der Waals surface area contributed by atoms with Crippen LogP contribution in [-0.2, 0) is 12.4 Å². The number of halogens is 6. The van der Waals surface area contributed by atoms with E-state index in [0.717, 1.165) is 24.3 Å². The minimum absolute atomic E-state index is 0.194. The molecule has 10 heteroatoms. The first-order valence-electron chi connectivity index (χ1n) is 11.5. The van der Waals surface area contributed by atoms with Crippen molar-refractivity contribution in [2.75, 3.05) is 0 Å². The summed E-state index contributed by atoms with van der Waals surface area (Å²) < 4.78 is 81.1. The Morgan fingerprint density at radius 1 is 0.500 bits per heavy atom. The quantitative estimate of drug-likeness (QED) is 0.167. The van der Waals surface area contributed by atoms with Gasteiger partial charge in [0.05, 0.1) is 40.1 Å². The molecule has 194 valence electrons. The van der Waals surface area contributed by atoms with Gasteiger partial charge < -0.3 is 0 Å². The van der Waals surface area contributed by atoms with Crippen molar-refractivity contribution in [3.05, 3.63) is 106 Å². The maximum absolute atomic E-state index is 13.5. The Kier molecular flexibility index (Phi) is 6.17. The molecule has 1 aliphatic rings. The fourth-order valence-electron chi connectivity index (χ4n) is 4.74. The Hall–Kier alpha value is -5.40. The average molecular weight is 542 g/mol. The van der Waals surface area contributed by atoms with Crippen LogP contribution in [0.5, 0.6) is 0 Å². The third-order valence-corrected chi connectivity index (χ3v) is 6.56. The summed E-state index contributed by atoms with van der Waals surface area (Å²) in [4.78, 5) is 3.92. The van der Waals surface area contributed by atoms with E-state index in [-0.39, 0.29) is 16.8 Å². The highest BCUT2D eigenvalue weighted by Crippen LogP contribution is 2.43. The molecule has 0 saturated heterocycles. The van der Waals surface area contributed by atoms with Gasteiger partial charge in [-0.1, -0.05) is 36.4 Å². The number of benzene rings is 4. The van der Waals surface area contributed by atoms with Crippen molar-refractivity contribution in [3.63, 3.8) is 0 Å². The van der Waals surface area contributed by atoms with Crippen LogP contribution in [0.15, 0.2) is 77.8 Å². The zero-order chi connectivity index (χ0) is 28.8. The van der Waals surface area contributed by atoms with E-state index in [9.17, 15) is 31.6 Å². The van der Waals surface area contributed by atoms with Crippen LogP contribution >= 0.6 is 0 Å². The number of rotatable bonds is 2. The molecule has 40 heavy (non-hydrogen) atoms. The van der Waals surface area contributed by atoms with Crippen LogP contribution in [0.25, 0.3) is 33.4 Å². The molecule has 4 aromatic carbocycles. The molecule has 0 N–H and O–H groups in total.